The van der Waals surface area contributed by atoms with Crippen molar-refractivity contribution in [2.75, 3.05) is 19.7 Å². The molecule has 0 bridgehead atoms. The summed E-state index contributed by atoms with van der Waals surface area (Å²) < 4.78 is 5.12. The topological polar surface area (TPSA) is 30.7 Å². The molecule has 1 aliphatic heterocycles. The van der Waals surface area contributed by atoms with E-state index in [-0.39, 0.29) is 11.9 Å². The van der Waals surface area contributed by atoms with Gasteiger partial charge >= 0.3 is 5.97 Å². The van der Waals surface area contributed by atoms with E-state index in [1.54, 1.807) is 0 Å². The molecule has 1 aromatic carbocycles. The summed E-state index contributed by atoms with van der Waals surface area (Å²) >= 11 is 12.0. The van der Waals surface area contributed by atoms with Gasteiger partial charge in [-0.25, -0.2) is 0 Å². The van der Waals surface area contributed by atoms with Crippen LogP contribution in [0, 0.1) is 5.92 Å². The lowest BCUT2D eigenvalue weighted by Gasteiger charge is -2.28. The number of halogens is 2. The molecule has 0 saturated carbocycles. The summed E-state index contributed by atoms with van der Waals surface area (Å²) in [6, 6.07) is 5.73. The van der Waals surface area contributed by atoms with Crippen molar-refractivity contribution in [1.29, 1.82) is 0 Å². The third-order valence-corrected chi connectivity index (χ3v) is 4.42. The van der Waals surface area contributed by atoms with E-state index in [1.807, 2.05) is 25.1 Å². The molecule has 3 nitrogen and oxygen atoms in total. The molecule has 0 aromatic heterocycles. The molecular formula is C15H20Cl2NO2+. The molecule has 1 fully saturated rings. The molecule has 1 N–H and O–H groups in total. The number of nitrogens with one attached hydrogen (secondary N) is 1. The van der Waals surface area contributed by atoms with Crippen molar-refractivity contribution in [2.24, 2.45) is 5.92 Å². The summed E-state index contributed by atoms with van der Waals surface area (Å²) in [5.41, 5.74) is 1.15. The highest BCUT2D eigenvalue weighted by molar-refractivity contribution is 6.42. The van der Waals surface area contributed by atoms with Crippen molar-refractivity contribution in [2.45, 2.75) is 26.3 Å². The second-order valence-corrected chi connectivity index (χ2v) is 6.03. The smallest absolute Gasteiger partial charge is 0.314 e. The Balaban J connectivity index is 1.95. The third-order valence-electron chi connectivity index (χ3n) is 3.68. The number of carbonyl (C=O) groups is 1. The number of hydrogen-bond acceptors (Lipinski definition) is 2. The van der Waals surface area contributed by atoms with E-state index in [4.69, 9.17) is 27.9 Å². The van der Waals surface area contributed by atoms with E-state index < -0.39 is 0 Å². The average Bonchev–Trinajstić information content (AvgIpc) is 2.43. The zero-order chi connectivity index (χ0) is 14.5. The van der Waals surface area contributed by atoms with Crippen LogP contribution in [0.25, 0.3) is 0 Å². The standard InChI is InChI=1S/C15H19Cl2NO2/c1-2-20-15(19)12-4-3-7-18(10-12)9-11-5-6-13(16)14(17)8-11/h5-6,8,12H,2-4,7,9-10H2,1H3/p+1/t12-/m0/s1. The maximum atomic E-state index is 11.8. The van der Waals surface area contributed by atoms with Gasteiger partial charge in [-0.3, -0.25) is 4.79 Å². The minimum Gasteiger partial charge on any atom is -0.466 e. The average molecular weight is 317 g/mol. The molecule has 5 heteroatoms. The highest BCUT2D eigenvalue weighted by Crippen LogP contribution is 2.22. The van der Waals surface area contributed by atoms with Crippen molar-refractivity contribution in [3.63, 3.8) is 0 Å². The predicted molar refractivity (Wildman–Crippen MR) is 80.2 cm³/mol. The number of carbonyl (C=O) groups excluding carboxylic acids is 1. The number of esters is 1. The van der Waals surface area contributed by atoms with Crippen LogP contribution < -0.4 is 4.90 Å². The van der Waals surface area contributed by atoms with Crippen LogP contribution in [0.3, 0.4) is 0 Å². The molecule has 20 heavy (non-hydrogen) atoms. The Morgan fingerprint density at radius 3 is 2.90 bits per heavy atom. The molecule has 0 radical (unpaired) electrons. The second kappa shape index (κ2) is 7.30. The number of ether oxygens (including phenoxy) is 1. The van der Waals surface area contributed by atoms with E-state index >= 15 is 0 Å². The Kier molecular flexibility index (Phi) is 5.70. The van der Waals surface area contributed by atoms with Crippen LogP contribution in [0.15, 0.2) is 18.2 Å². The summed E-state index contributed by atoms with van der Waals surface area (Å²) in [5, 5.41) is 1.16. The number of quaternary nitrogens is 1. The fraction of sp³-hybridized carbons (Fsp3) is 0.533. The fourth-order valence-corrected chi connectivity index (χ4v) is 3.03. The Labute approximate surface area is 129 Å². The Morgan fingerprint density at radius 1 is 1.40 bits per heavy atom. The lowest BCUT2D eigenvalue weighted by molar-refractivity contribution is -0.921. The number of rotatable bonds is 4. The van der Waals surface area contributed by atoms with Crippen LogP contribution in [-0.4, -0.2) is 25.7 Å². The van der Waals surface area contributed by atoms with Gasteiger partial charge in [-0.05, 0) is 31.9 Å². The number of benzene rings is 1. The number of hydrogen-bond donors (Lipinski definition) is 1. The third kappa shape index (κ3) is 4.11. The Hall–Kier alpha value is -0.770. The minimum absolute atomic E-state index is 0.0291. The van der Waals surface area contributed by atoms with Gasteiger partial charge in [0.05, 0.1) is 29.7 Å². The highest BCUT2D eigenvalue weighted by atomic mass is 35.5. The van der Waals surface area contributed by atoms with Crippen molar-refractivity contribution in [3.05, 3.63) is 33.8 Å². The molecule has 110 valence electrons. The molecule has 0 aliphatic carbocycles. The van der Waals surface area contributed by atoms with Crippen LogP contribution in [0.1, 0.15) is 25.3 Å². The lowest BCUT2D eigenvalue weighted by atomic mass is 9.98. The van der Waals surface area contributed by atoms with E-state index in [0.29, 0.717) is 16.7 Å². The largest absolute Gasteiger partial charge is 0.466 e. The van der Waals surface area contributed by atoms with Crippen LogP contribution >= 0.6 is 23.2 Å². The van der Waals surface area contributed by atoms with Gasteiger partial charge in [0.2, 0.25) is 0 Å². The first-order valence-corrected chi connectivity index (χ1v) is 7.80. The number of likely N-dealkylation sites (tertiary alicyclic amines) is 1. The molecule has 1 aliphatic rings. The summed E-state index contributed by atoms with van der Waals surface area (Å²) in [4.78, 5) is 13.2. The van der Waals surface area contributed by atoms with Gasteiger partial charge in [-0.1, -0.05) is 29.3 Å². The normalized spacial score (nSPS) is 22.6. The van der Waals surface area contributed by atoms with E-state index in [9.17, 15) is 4.79 Å². The summed E-state index contributed by atoms with van der Waals surface area (Å²) in [6.45, 7) is 5.08. The zero-order valence-corrected chi connectivity index (χ0v) is 13.1. The summed E-state index contributed by atoms with van der Waals surface area (Å²) in [7, 11) is 0. The van der Waals surface area contributed by atoms with E-state index in [0.717, 1.165) is 38.0 Å². The number of piperidine rings is 1. The molecule has 1 saturated heterocycles. The SMILES string of the molecule is CCOC(=O)[C@H]1CCC[NH+](Cc2ccc(Cl)c(Cl)c2)C1. The first-order valence-electron chi connectivity index (χ1n) is 7.04. The maximum Gasteiger partial charge on any atom is 0.314 e. The van der Waals surface area contributed by atoms with E-state index in [1.165, 1.54) is 4.90 Å². The first kappa shape index (κ1) is 15.6. The van der Waals surface area contributed by atoms with Gasteiger partial charge in [0.25, 0.3) is 0 Å². The molecule has 2 rings (SSSR count). The fourth-order valence-electron chi connectivity index (χ4n) is 2.71. The quantitative estimate of drug-likeness (QED) is 0.864. The molecular weight excluding hydrogens is 297 g/mol. The molecule has 1 unspecified atom stereocenters. The van der Waals surface area contributed by atoms with Crippen LogP contribution in [0.4, 0.5) is 0 Å². The van der Waals surface area contributed by atoms with Gasteiger partial charge in [-0.2, -0.15) is 0 Å². The highest BCUT2D eigenvalue weighted by Gasteiger charge is 2.29. The maximum absolute atomic E-state index is 11.8. The molecule has 1 heterocycles. The van der Waals surface area contributed by atoms with Gasteiger partial charge in [0.1, 0.15) is 12.5 Å². The first-order chi connectivity index (χ1) is 9.60. The Bertz CT molecular complexity index is 479. The van der Waals surface area contributed by atoms with Gasteiger partial charge < -0.3 is 9.64 Å². The predicted octanol–water partition coefficient (Wildman–Crippen LogP) is 2.35. The monoisotopic (exact) mass is 316 g/mol. The van der Waals surface area contributed by atoms with Crippen LogP contribution in [-0.2, 0) is 16.1 Å². The second-order valence-electron chi connectivity index (χ2n) is 5.22. The van der Waals surface area contributed by atoms with E-state index in [2.05, 4.69) is 0 Å². The molecule has 1 aromatic rings. The van der Waals surface area contributed by atoms with Crippen LogP contribution in [0.2, 0.25) is 10.0 Å². The van der Waals surface area contributed by atoms with Crippen molar-refractivity contribution < 1.29 is 14.4 Å². The Morgan fingerprint density at radius 2 is 2.20 bits per heavy atom. The van der Waals surface area contributed by atoms with Crippen LogP contribution in [0.5, 0.6) is 0 Å². The van der Waals surface area contributed by atoms with Gasteiger partial charge in [0.15, 0.2) is 0 Å². The minimum atomic E-state index is -0.0566. The zero-order valence-electron chi connectivity index (χ0n) is 11.6. The molecule has 0 spiro atoms. The molecule has 2 atom stereocenters. The lowest BCUT2D eigenvalue weighted by Crippen LogP contribution is -3.12. The van der Waals surface area contributed by atoms with Crippen molar-refractivity contribution >= 4 is 29.2 Å². The van der Waals surface area contributed by atoms with Crippen molar-refractivity contribution in [3.8, 4) is 0 Å². The summed E-state index contributed by atoms with van der Waals surface area (Å²) in [6.07, 6.45) is 1.99. The summed E-state index contributed by atoms with van der Waals surface area (Å²) in [5.74, 6) is -0.0275. The van der Waals surface area contributed by atoms with Gasteiger partial charge in [0, 0.05) is 5.56 Å². The van der Waals surface area contributed by atoms with Crippen molar-refractivity contribution in [1.82, 2.24) is 0 Å². The molecule has 0 amide bonds. The van der Waals surface area contributed by atoms with Gasteiger partial charge in [-0.15, -0.1) is 0 Å².